The molecule has 17 heavy (non-hydrogen) atoms. The zero-order valence-corrected chi connectivity index (χ0v) is 10.9. The van der Waals surface area contributed by atoms with Gasteiger partial charge in [0, 0.05) is 9.64 Å². The quantitative estimate of drug-likeness (QED) is 0.759. The van der Waals surface area contributed by atoms with Crippen LogP contribution >= 0.6 is 22.6 Å². The van der Waals surface area contributed by atoms with E-state index in [0.29, 0.717) is 0 Å². The van der Waals surface area contributed by atoms with Gasteiger partial charge in [-0.1, -0.05) is 12.1 Å². The Bertz CT molecular complexity index is 511. The van der Waals surface area contributed by atoms with Crippen LogP contribution in [-0.4, -0.2) is 0 Å². The first-order valence-corrected chi connectivity index (χ1v) is 6.05. The molecule has 0 aliphatic heterocycles. The van der Waals surface area contributed by atoms with Crippen LogP contribution in [0.5, 0.6) is 5.75 Å². The van der Waals surface area contributed by atoms with Gasteiger partial charge in [0.05, 0.1) is 0 Å². The lowest BCUT2D eigenvalue weighted by atomic mass is 10.2. The molecule has 2 aromatic rings. The van der Waals surface area contributed by atoms with E-state index in [2.05, 4.69) is 22.6 Å². The number of ether oxygens (including phenoxy) is 1. The topological polar surface area (TPSA) is 9.23 Å². The lowest BCUT2D eigenvalue weighted by Gasteiger charge is -2.07. The molecule has 0 N–H and O–H groups in total. The van der Waals surface area contributed by atoms with E-state index >= 15 is 0 Å². The molecule has 0 amide bonds. The predicted octanol–water partition coefficient (Wildman–Crippen LogP) is 4.15. The third kappa shape index (κ3) is 3.39. The fourth-order valence-electron chi connectivity index (χ4n) is 1.33. The van der Waals surface area contributed by atoms with Gasteiger partial charge in [-0.15, -0.1) is 0 Å². The number of rotatable bonds is 3. The number of hydrogen-bond acceptors (Lipinski definition) is 1. The van der Waals surface area contributed by atoms with Crippen molar-refractivity contribution >= 4 is 22.6 Å². The van der Waals surface area contributed by atoms with Crippen molar-refractivity contribution in [3.05, 3.63) is 63.2 Å². The normalized spacial score (nSPS) is 10.3. The fraction of sp³-hybridized carbons (Fsp3) is 0.0769. The van der Waals surface area contributed by atoms with Gasteiger partial charge >= 0.3 is 0 Å². The second-order valence-electron chi connectivity index (χ2n) is 3.49. The Labute approximate surface area is 112 Å². The third-order valence-corrected chi connectivity index (χ3v) is 2.92. The van der Waals surface area contributed by atoms with Crippen molar-refractivity contribution < 1.29 is 13.5 Å². The van der Waals surface area contributed by atoms with Gasteiger partial charge in [0.25, 0.3) is 0 Å². The van der Waals surface area contributed by atoms with E-state index in [1.165, 1.54) is 0 Å². The summed E-state index contributed by atoms with van der Waals surface area (Å²) in [5.74, 6) is -1.13. The molecule has 0 fully saturated rings. The van der Waals surface area contributed by atoms with Crippen molar-refractivity contribution in [2.75, 3.05) is 0 Å². The first kappa shape index (κ1) is 12.3. The van der Waals surface area contributed by atoms with E-state index in [1.54, 1.807) is 0 Å². The van der Waals surface area contributed by atoms with E-state index < -0.39 is 11.6 Å². The van der Waals surface area contributed by atoms with E-state index in [0.717, 1.165) is 27.3 Å². The van der Waals surface area contributed by atoms with E-state index in [1.807, 2.05) is 24.3 Å². The molecule has 0 saturated heterocycles. The molecule has 0 aromatic heterocycles. The third-order valence-electron chi connectivity index (χ3n) is 2.20. The highest BCUT2D eigenvalue weighted by atomic mass is 127. The highest BCUT2D eigenvalue weighted by molar-refractivity contribution is 14.1. The van der Waals surface area contributed by atoms with Crippen molar-refractivity contribution in [3.8, 4) is 5.75 Å². The van der Waals surface area contributed by atoms with Gasteiger partial charge in [-0.25, -0.2) is 8.78 Å². The van der Waals surface area contributed by atoms with Crippen LogP contribution in [0.4, 0.5) is 8.78 Å². The smallest absolute Gasteiger partial charge is 0.165 e. The number of benzene rings is 2. The molecule has 0 heterocycles. The molecule has 2 aromatic carbocycles. The van der Waals surface area contributed by atoms with Gasteiger partial charge in [0.15, 0.2) is 11.6 Å². The Kier molecular flexibility index (Phi) is 3.93. The summed E-state index contributed by atoms with van der Waals surface area (Å²) >= 11 is 2.20. The van der Waals surface area contributed by atoms with Crippen molar-refractivity contribution in [2.45, 2.75) is 6.61 Å². The fourth-order valence-corrected chi connectivity index (χ4v) is 1.69. The monoisotopic (exact) mass is 346 g/mol. The summed E-state index contributed by atoms with van der Waals surface area (Å²) in [6, 6.07) is 10.8. The second-order valence-corrected chi connectivity index (χ2v) is 4.74. The van der Waals surface area contributed by atoms with Crippen LogP contribution in [-0.2, 0) is 6.61 Å². The van der Waals surface area contributed by atoms with Gasteiger partial charge in [0.2, 0.25) is 0 Å². The van der Waals surface area contributed by atoms with Crippen molar-refractivity contribution in [2.24, 2.45) is 0 Å². The van der Waals surface area contributed by atoms with Gasteiger partial charge in [-0.05, 0) is 52.4 Å². The Morgan fingerprint density at radius 2 is 1.71 bits per heavy atom. The summed E-state index contributed by atoms with van der Waals surface area (Å²) in [6.07, 6.45) is 0. The highest BCUT2D eigenvalue weighted by Crippen LogP contribution is 2.19. The summed E-state index contributed by atoms with van der Waals surface area (Å²) in [5, 5.41) is 0. The molecule has 0 saturated carbocycles. The highest BCUT2D eigenvalue weighted by Gasteiger charge is 2.05. The minimum atomic E-state index is -0.558. The van der Waals surface area contributed by atoms with Crippen LogP contribution in [0.2, 0.25) is 0 Å². The van der Waals surface area contributed by atoms with Crippen molar-refractivity contribution in [3.63, 3.8) is 0 Å². The standard InChI is InChI=1S/C13H9F2IO/c14-10-3-6-12(15)13(7-10)17-8-9-1-4-11(16)5-2-9/h1-7H,8H2. The Hall–Kier alpha value is -1.17. The molecule has 88 valence electrons. The second kappa shape index (κ2) is 5.44. The Balaban J connectivity index is 2.07. The maximum Gasteiger partial charge on any atom is 0.165 e. The van der Waals surface area contributed by atoms with E-state index in [4.69, 9.17) is 4.74 Å². The summed E-state index contributed by atoms with van der Waals surface area (Å²) in [7, 11) is 0. The zero-order valence-electron chi connectivity index (χ0n) is 8.79. The zero-order chi connectivity index (χ0) is 12.3. The van der Waals surface area contributed by atoms with Crippen molar-refractivity contribution in [1.29, 1.82) is 0 Å². The maximum absolute atomic E-state index is 13.2. The maximum atomic E-state index is 13.2. The molecular weight excluding hydrogens is 337 g/mol. The molecule has 0 bridgehead atoms. The molecule has 1 nitrogen and oxygen atoms in total. The van der Waals surface area contributed by atoms with Gasteiger partial charge in [-0.3, -0.25) is 0 Å². The van der Waals surface area contributed by atoms with Crippen LogP contribution in [0.3, 0.4) is 0 Å². The molecular formula is C13H9F2IO. The summed E-state index contributed by atoms with van der Waals surface area (Å²) in [4.78, 5) is 0. The van der Waals surface area contributed by atoms with Gasteiger partial charge in [0.1, 0.15) is 12.4 Å². The lowest BCUT2D eigenvalue weighted by molar-refractivity contribution is 0.288. The van der Waals surface area contributed by atoms with Crippen LogP contribution < -0.4 is 4.74 Å². The lowest BCUT2D eigenvalue weighted by Crippen LogP contribution is -1.97. The van der Waals surface area contributed by atoms with Gasteiger partial charge in [-0.2, -0.15) is 0 Å². The average Bonchev–Trinajstić information content (AvgIpc) is 2.32. The minimum Gasteiger partial charge on any atom is -0.486 e. The molecule has 0 aliphatic rings. The Morgan fingerprint density at radius 1 is 1.00 bits per heavy atom. The first-order chi connectivity index (χ1) is 8.15. The predicted molar refractivity (Wildman–Crippen MR) is 69.8 cm³/mol. The van der Waals surface area contributed by atoms with Gasteiger partial charge < -0.3 is 4.74 Å². The molecule has 4 heteroatoms. The van der Waals surface area contributed by atoms with E-state index in [-0.39, 0.29) is 12.4 Å². The molecule has 0 atom stereocenters. The van der Waals surface area contributed by atoms with Crippen LogP contribution in [0.15, 0.2) is 42.5 Å². The SMILES string of the molecule is Fc1ccc(F)c(OCc2ccc(I)cc2)c1. The average molecular weight is 346 g/mol. The van der Waals surface area contributed by atoms with E-state index in [9.17, 15) is 8.78 Å². The first-order valence-electron chi connectivity index (χ1n) is 4.97. The molecule has 0 unspecified atom stereocenters. The van der Waals surface area contributed by atoms with Crippen molar-refractivity contribution in [1.82, 2.24) is 0 Å². The van der Waals surface area contributed by atoms with Crippen LogP contribution in [0.25, 0.3) is 0 Å². The Morgan fingerprint density at radius 3 is 2.41 bits per heavy atom. The van der Waals surface area contributed by atoms with Crippen LogP contribution in [0, 0.1) is 15.2 Å². The minimum absolute atomic E-state index is 0.0662. The van der Waals surface area contributed by atoms with Crippen LogP contribution in [0.1, 0.15) is 5.56 Å². The summed E-state index contributed by atoms with van der Waals surface area (Å²) < 4.78 is 32.5. The number of halogens is 3. The summed E-state index contributed by atoms with van der Waals surface area (Å²) in [5.41, 5.74) is 0.911. The molecule has 0 radical (unpaired) electrons. The molecule has 0 spiro atoms. The molecule has 0 aliphatic carbocycles. The summed E-state index contributed by atoms with van der Waals surface area (Å²) in [6.45, 7) is 0.220. The molecule has 2 rings (SSSR count). The number of hydrogen-bond donors (Lipinski definition) is 0. The largest absolute Gasteiger partial charge is 0.486 e.